The Hall–Kier alpha value is -2.73. The van der Waals surface area contributed by atoms with Crippen LogP contribution in [0.4, 0.5) is 5.69 Å². The highest BCUT2D eigenvalue weighted by atomic mass is 35.5. The average molecular weight is 332 g/mol. The van der Waals surface area contributed by atoms with Crippen LogP contribution in [0.5, 0.6) is 11.6 Å². The molecule has 118 valence electrons. The first-order chi connectivity index (χ1) is 11.0. The van der Waals surface area contributed by atoms with Gasteiger partial charge in [-0.15, -0.1) is 0 Å². The number of Topliss-reactive ketones (excluding diaryl/α,β-unsaturated/α-hetero) is 1. The number of nitrogens with zero attached hydrogens (tertiary/aromatic N) is 3. The van der Waals surface area contributed by atoms with Crippen LogP contribution in [0.1, 0.15) is 13.8 Å². The molecule has 0 unspecified atom stereocenters. The fraction of sp³-hybridized carbons (Fsp3) is 0.125. The van der Waals surface area contributed by atoms with E-state index in [1.165, 1.54) is 38.7 Å². The van der Waals surface area contributed by atoms with Crippen LogP contribution in [0, 0.1) is 0 Å². The number of ketones is 1. The average Bonchev–Trinajstić information content (AvgIpc) is 2.48. The number of carbonyl (C=O) groups is 1. The molecule has 1 N–H and O–H groups in total. The predicted octanol–water partition coefficient (Wildman–Crippen LogP) is 4.05. The Morgan fingerprint density at radius 2 is 2.09 bits per heavy atom. The molecule has 0 saturated heterocycles. The van der Waals surface area contributed by atoms with Crippen molar-refractivity contribution < 1.29 is 14.6 Å². The zero-order chi connectivity index (χ0) is 16.8. The van der Waals surface area contributed by atoms with Crippen molar-refractivity contribution >= 4 is 29.3 Å². The smallest absolute Gasteiger partial charge is 0.219 e. The molecule has 0 atom stereocenters. The van der Waals surface area contributed by atoms with Gasteiger partial charge in [0.25, 0.3) is 0 Å². The van der Waals surface area contributed by atoms with Crippen LogP contribution in [0.3, 0.4) is 0 Å². The second kappa shape index (κ2) is 7.51. The van der Waals surface area contributed by atoms with Crippen molar-refractivity contribution in [1.29, 1.82) is 0 Å². The maximum Gasteiger partial charge on any atom is 0.219 e. The largest absolute Gasteiger partial charge is 0.512 e. The van der Waals surface area contributed by atoms with Crippen molar-refractivity contribution in [3.8, 4) is 11.6 Å². The molecular formula is C16H14ClN3O3. The molecule has 6 nitrogen and oxygen atoms in total. The summed E-state index contributed by atoms with van der Waals surface area (Å²) in [4.78, 5) is 23.4. The Labute approximate surface area is 138 Å². The molecule has 0 spiro atoms. The van der Waals surface area contributed by atoms with Crippen molar-refractivity contribution in [3.05, 3.63) is 53.1 Å². The molecule has 2 aromatic rings. The van der Waals surface area contributed by atoms with E-state index < -0.39 is 0 Å². The number of halogens is 1. The van der Waals surface area contributed by atoms with Crippen LogP contribution >= 0.6 is 11.6 Å². The molecule has 0 amide bonds. The molecule has 0 aliphatic heterocycles. The number of carbonyl (C=O) groups excluding carboxylic acids is 1. The molecule has 0 bridgehead atoms. The molecule has 0 aromatic carbocycles. The van der Waals surface area contributed by atoms with Gasteiger partial charge in [0.15, 0.2) is 5.78 Å². The van der Waals surface area contributed by atoms with Gasteiger partial charge in [0, 0.05) is 24.5 Å². The second-order valence-corrected chi connectivity index (χ2v) is 5.05. The van der Waals surface area contributed by atoms with E-state index in [4.69, 9.17) is 16.3 Å². The minimum atomic E-state index is -0.268. The van der Waals surface area contributed by atoms with Gasteiger partial charge in [-0.25, -0.2) is 4.98 Å². The second-order valence-electron chi connectivity index (χ2n) is 4.61. The molecule has 0 fully saturated rings. The van der Waals surface area contributed by atoms with Crippen LogP contribution in [0.2, 0.25) is 5.02 Å². The van der Waals surface area contributed by atoms with Gasteiger partial charge in [-0.2, -0.15) is 0 Å². The fourth-order valence-electron chi connectivity index (χ4n) is 1.66. The summed E-state index contributed by atoms with van der Waals surface area (Å²) in [6.07, 6.45) is 5.81. The highest BCUT2D eigenvalue weighted by Gasteiger charge is 2.05. The lowest BCUT2D eigenvalue weighted by Crippen LogP contribution is -2.01. The minimum Gasteiger partial charge on any atom is -0.512 e. The third kappa shape index (κ3) is 4.89. The zero-order valence-corrected chi connectivity index (χ0v) is 13.3. The van der Waals surface area contributed by atoms with Gasteiger partial charge in [-0.05, 0) is 19.9 Å². The Balaban J connectivity index is 2.11. The first-order valence-corrected chi connectivity index (χ1v) is 7.03. The normalized spacial score (nSPS) is 12.1. The number of aliphatic hydroxyl groups excluding tert-OH is 1. The number of hydrogen-bond acceptors (Lipinski definition) is 6. The van der Waals surface area contributed by atoms with E-state index in [1.807, 2.05) is 0 Å². The van der Waals surface area contributed by atoms with E-state index in [-0.39, 0.29) is 17.1 Å². The highest BCUT2D eigenvalue weighted by molar-refractivity contribution is 6.30. The Kier molecular flexibility index (Phi) is 5.43. The monoisotopic (exact) mass is 331 g/mol. The Morgan fingerprint density at radius 1 is 1.30 bits per heavy atom. The highest BCUT2D eigenvalue weighted by Crippen LogP contribution is 2.22. The van der Waals surface area contributed by atoms with E-state index in [9.17, 15) is 9.90 Å². The van der Waals surface area contributed by atoms with Gasteiger partial charge in [0.05, 0.1) is 28.7 Å². The first-order valence-electron chi connectivity index (χ1n) is 6.65. The molecule has 0 saturated carbocycles. The van der Waals surface area contributed by atoms with Gasteiger partial charge in [0.1, 0.15) is 11.5 Å². The number of rotatable bonds is 5. The van der Waals surface area contributed by atoms with Gasteiger partial charge >= 0.3 is 0 Å². The van der Waals surface area contributed by atoms with Crippen molar-refractivity contribution in [2.75, 3.05) is 0 Å². The molecule has 0 aliphatic rings. The van der Waals surface area contributed by atoms with Gasteiger partial charge in [0.2, 0.25) is 5.88 Å². The maximum absolute atomic E-state index is 11.3. The summed E-state index contributed by atoms with van der Waals surface area (Å²) in [5, 5.41) is 9.87. The van der Waals surface area contributed by atoms with E-state index in [0.29, 0.717) is 22.3 Å². The fourth-order valence-corrected chi connectivity index (χ4v) is 1.82. The lowest BCUT2D eigenvalue weighted by atomic mass is 10.2. The Morgan fingerprint density at radius 3 is 2.65 bits per heavy atom. The number of allylic oxidation sites excluding steroid dienone is 2. The summed E-state index contributed by atoms with van der Waals surface area (Å²) >= 11 is 5.82. The molecule has 0 aliphatic carbocycles. The van der Waals surface area contributed by atoms with E-state index in [0.717, 1.165) is 0 Å². The van der Waals surface area contributed by atoms with Crippen LogP contribution in [-0.4, -0.2) is 27.1 Å². The minimum absolute atomic E-state index is 0.0809. The van der Waals surface area contributed by atoms with Crippen molar-refractivity contribution in [3.63, 3.8) is 0 Å². The molecule has 23 heavy (non-hydrogen) atoms. The van der Waals surface area contributed by atoms with Crippen LogP contribution in [0.15, 0.2) is 53.1 Å². The lowest BCUT2D eigenvalue weighted by Gasteiger charge is -2.04. The standard InChI is InChI=1S/C16H14ClN3O3/c1-10(21)15(11(2)22)9-19-13-3-4-16(20-7-13)23-14-5-12(17)6-18-8-14/h3-9,21H,1-2H3/b15-10-,19-9?. The van der Waals surface area contributed by atoms with Crippen LogP contribution in [0.25, 0.3) is 0 Å². The topological polar surface area (TPSA) is 84.7 Å². The van der Waals surface area contributed by atoms with Gasteiger partial charge in [-0.3, -0.25) is 14.8 Å². The van der Waals surface area contributed by atoms with Crippen molar-refractivity contribution in [2.45, 2.75) is 13.8 Å². The summed E-state index contributed by atoms with van der Waals surface area (Å²) in [7, 11) is 0. The van der Waals surface area contributed by atoms with E-state index >= 15 is 0 Å². The molecule has 2 aromatic heterocycles. The van der Waals surface area contributed by atoms with E-state index in [1.54, 1.807) is 18.2 Å². The third-order valence-corrected chi connectivity index (χ3v) is 2.94. The number of hydrogen-bond donors (Lipinski definition) is 1. The number of aliphatic hydroxyl groups is 1. The number of pyridine rings is 2. The Bertz CT molecular complexity index is 766. The van der Waals surface area contributed by atoms with Crippen molar-refractivity contribution in [1.82, 2.24) is 9.97 Å². The predicted molar refractivity (Wildman–Crippen MR) is 87.7 cm³/mol. The molecule has 0 radical (unpaired) electrons. The van der Waals surface area contributed by atoms with Gasteiger partial charge < -0.3 is 9.84 Å². The summed E-state index contributed by atoms with van der Waals surface area (Å²) < 4.78 is 5.50. The van der Waals surface area contributed by atoms with Crippen LogP contribution in [-0.2, 0) is 4.79 Å². The summed E-state index contributed by atoms with van der Waals surface area (Å²) in [5.41, 5.74) is 0.664. The molecule has 7 heteroatoms. The van der Waals surface area contributed by atoms with Crippen molar-refractivity contribution in [2.24, 2.45) is 4.99 Å². The maximum atomic E-state index is 11.3. The van der Waals surface area contributed by atoms with E-state index in [2.05, 4.69) is 15.0 Å². The summed E-state index contributed by atoms with van der Waals surface area (Å²) in [6, 6.07) is 4.91. The quantitative estimate of drug-likeness (QED) is 0.507. The molecule has 2 heterocycles. The lowest BCUT2D eigenvalue weighted by molar-refractivity contribution is -0.113. The number of ether oxygens (including phenoxy) is 1. The molecular weight excluding hydrogens is 318 g/mol. The number of aromatic nitrogens is 2. The summed E-state index contributed by atoms with van der Waals surface area (Å²) in [5.74, 6) is 0.477. The first kappa shape index (κ1) is 16.6. The zero-order valence-electron chi connectivity index (χ0n) is 12.5. The number of aliphatic imine (C=N–C) groups is 1. The third-order valence-electron chi connectivity index (χ3n) is 2.73. The van der Waals surface area contributed by atoms with Crippen LogP contribution < -0.4 is 4.74 Å². The molecule has 2 rings (SSSR count). The SMILES string of the molecule is CC(=O)/C(C=Nc1ccc(Oc2cncc(Cl)c2)nc1)=C(/C)O. The summed E-state index contributed by atoms with van der Waals surface area (Å²) in [6.45, 7) is 2.78. The van der Waals surface area contributed by atoms with Gasteiger partial charge in [-0.1, -0.05) is 11.6 Å².